The Balaban J connectivity index is 1.05. The Kier molecular flexibility index (Phi) is 28.8. The highest BCUT2D eigenvalue weighted by atomic mass is 19.3. The van der Waals surface area contributed by atoms with Gasteiger partial charge < -0.3 is 55.9 Å². The summed E-state index contributed by atoms with van der Waals surface area (Å²) in [7, 11) is 1.15. The second kappa shape index (κ2) is 36.5. The van der Waals surface area contributed by atoms with Crippen LogP contribution in [0.2, 0.25) is 0 Å². The predicted molar refractivity (Wildman–Crippen MR) is 329 cm³/mol. The van der Waals surface area contributed by atoms with Crippen LogP contribution < -0.4 is 26.0 Å². The van der Waals surface area contributed by atoms with E-state index in [1.54, 1.807) is 48.8 Å². The smallest absolute Gasteiger partial charge is 0.317 e. The number of benzene rings is 2. The molecule has 3 atom stereocenters. The first-order valence-corrected chi connectivity index (χ1v) is 31.2. The van der Waals surface area contributed by atoms with E-state index in [4.69, 9.17) is 9.47 Å². The Hall–Kier alpha value is -8.46. The maximum atomic E-state index is 14.5. The SMILES string of the molecule is COC(=O)C[C@H](NC(=O)C(CCCCNC(=O)CCCc1ccc(C)cc1)NC(=O)CN1CCN(CC(=O)O)CCN(CC(=O)O)CCN(CC(=O)O)CC1)C(=O)N1CCC(CCCOc2ccc3nccc(C(=O)NCC(=O)N4CC(F)(F)C[C@@H]4C#N)c3c2)CC1. The van der Waals surface area contributed by atoms with E-state index in [1.165, 1.54) is 12.3 Å². The van der Waals surface area contributed by atoms with Gasteiger partial charge in [-0.05, 0) is 100 Å². The van der Waals surface area contributed by atoms with Gasteiger partial charge in [0.15, 0.2) is 0 Å². The van der Waals surface area contributed by atoms with Crippen LogP contribution in [0.5, 0.6) is 5.75 Å². The summed E-state index contributed by atoms with van der Waals surface area (Å²) < 4.78 is 39.0. The third-order valence-corrected chi connectivity index (χ3v) is 16.5. The minimum Gasteiger partial charge on any atom is -0.494 e. The number of nitrogens with zero attached hydrogens (tertiary/aromatic N) is 8. The topological polar surface area (TPSA) is 354 Å². The van der Waals surface area contributed by atoms with Crippen molar-refractivity contribution in [2.24, 2.45) is 5.92 Å². The van der Waals surface area contributed by atoms with Crippen LogP contribution in [-0.4, -0.2) is 258 Å². The molecule has 7 N–H and O–H groups in total. The van der Waals surface area contributed by atoms with Crippen LogP contribution in [0, 0.1) is 24.2 Å². The third kappa shape index (κ3) is 24.6. The molecule has 27 nitrogen and oxygen atoms in total. The Morgan fingerprint density at radius 3 is 1.92 bits per heavy atom. The number of nitriles is 1. The molecule has 6 rings (SSSR count). The summed E-state index contributed by atoms with van der Waals surface area (Å²) in [6, 6.07) is 12.3. The predicted octanol–water partition coefficient (Wildman–Crippen LogP) is 1.75. The number of carboxylic acid groups (broad SMARTS) is 3. The summed E-state index contributed by atoms with van der Waals surface area (Å²) in [6.07, 6.45) is 5.13. The molecule has 3 aliphatic rings. The second-order valence-corrected chi connectivity index (χ2v) is 23.6. The van der Waals surface area contributed by atoms with E-state index < -0.39 is 103 Å². The normalized spacial score (nSPS) is 17.8. The van der Waals surface area contributed by atoms with E-state index in [9.17, 15) is 77.3 Å². The van der Waals surface area contributed by atoms with Gasteiger partial charge in [0, 0.05) is 96.4 Å². The molecular formula is C63H86F2N12O15. The zero-order valence-corrected chi connectivity index (χ0v) is 52.3. The van der Waals surface area contributed by atoms with Gasteiger partial charge in [0.05, 0.1) is 76.6 Å². The fourth-order valence-corrected chi connectivity index (χ4v) is 11.4. The van der Waals surface area contributed by atoms with Crippen molar-refractivity contribution in [1.82, 2.24) is 55.7 Å². The number of rotatable bonds is 31. The maximum Gasteiger partial charge on any atom is 0.317 e. The number of hydrogen-bond acceptors (Lipinski definition) is 18. The average molecular weight is 1290 g/mol. The van der Waals surface area contributed by atoms with Crippen LogP contribution in [0.25, 0.3) is 10.9 Å². The average Bonchev–Trinajstić information content (AvgIpc) is 1.16. The number of aryl methyl sites for hydroxylation is 2. The highest BCUT2D eigenvalue weighted by Gasteiger charge is 2.47. The van der Waals surface area contributed by atoms with Crippen molar-refractivity contribution in [3.05, 3.63) is 71.4 Å². The molecule has 1 unspecified atom stereocenters. The lowest BCUT2D eigenvalue weighted by atomic mass is 9.92. The number of aromatic nitrogens is 1. The van der Waals surface area contributed by atoms with Crippen LogP contribution in [0.3, 0.4) is 0 Å². The number of carbonyl (C=O) groups excluding carboxylic acids is 7. The van der Waals surface area contributed by atoms with Crippen molar-refractivity contribution in [1.29, 1.82) is 5.26 Å². The van der Waals surface area contributed by atoms with Crippen LogP contribution in [-0.2, 0) is 54.3 Å². The van der Waals surface area contributed by atoms with E-state index in [0.717, 1.165) is 36.0 Å². The molecule has 1 aromatic heterocycles. The molecule has 0 saturated carbocycles. The molecule has 6 amide bonds. The first-order chi connectivity index (χ1) is 44.0. The molecule has 92 heavy (non-hydrogen) atoms. The van der Waals surface area contributed by atoms with Crippen LogP contribution in [0.1, 0.15) is 92.1 Å². The number of aliphatic carboxylic acids is 3. The number of amides is 6. The lowest BCUT2D eigenvalue weighted by molar-refractivity contribution is -0.147. The molecule has 3 aliphatic heterocycles. The van der Waals surface area contributed by atoms with Gasteiger partial charge in [-0.3, -0.25) is 72.5 Å². The number of halogens is 2. The molecule has 4 heterocycles. The van der Waals surface area contributed by atoms with Crippen molar-refractivity contribution in [3.63, 3.8) is 0 Å². The van der Waals surface area contributed by atoms with Gasteiger partial charge in [-0.25, -0.2) is 8.78 Å². The summed E-state index contributed by atoms with van der Waals surface area (Å²) in [5.41, 5.74) is 2.89. The number of fused-ring (bicyclic) bond motifs is 1. The quantitative estimate of drug-likeness (QED) is 0.0356. The Morgan fingerprint density at radius 2 is 1.34 bits per heavy atom. The minimum absolute atomic E-state index is 0.0558. The van der Waals surface area contributed by atoms with Crippen molar-refractivity contribution in [2.45, 2.75) is 108 Å². The minimum atomic E-state index is -3.21. The molecule has 502 valence electrons. The largest absolute Gasteiger partial charge is 0.494 e. The molecule has 0 bridgehead atoms. The number of likely N-dealkylation sites (tertiary alicyclic amines) is 2. The second-order valence-electron chi connectivity index (χ2n) is 23.6. The van der Waals surface area contributed by atoms with E-state index >= 15 is 0 Å². The summed E-state index contributed by atoms with van der Waals surface area (Å²) in [6.45, 7) is 1.49. The number of piperidine rings is 1. The number of pyridine rings is 1. The zero-order chi connectivity index (χ0) is 66.7. The summed E-state index contributed by atoms with van der Waals surface area (Å²) >= 11 is 0. The zero-order valence-electron chi connectivity index (χ0n) is 52.3. The van der Waals surface area contributed by atoms with Crippen LogP contribution in [0.15, 0.2) is 54.7 Å². The highest BCUT2D eigenvalue weighted by Crippen LogP contribution is 2.32. The van der Waals surface area contributed by atoms with Crippen molar-refractivity contribution < 1.29 is 81.5 Å². The van der Waals surface area contributed by atoms with Crippen LogP contribution in [0.4, 0.5) is 8.78 Å². The first kappa shape index (κ1) is 72.6. The van der Waals surface area contributed by atoms with E-state index in [2.05, 4.69) is 26.3 Å². The van der Waals surface area contributed by atoms with Gasteiger partial charge in [-0.2, -0.15) is 5.26 Å². The number of carboxylic acids is 3. The van der Waals surface area contributed by atoms with Crippen LogP contribution >= 0.6 is 0 Å². The molecular weight excluding hydrogens is 1200 g/mol. The van der Waals surface area contributed by atoms with Crippen molar-refractivity contribution >= 4 is 70.2 Å². The molecule has 0 radical (unpaired) electrons. The Labute approximate surface area is 533 Å². The molecule has 0 spiro atoms. The van der Waals surface area contributed by atoms with Gasteiger partial charge >= 0.3 is 23.9 Å². The lowest BCUT2D eigenvalue weighted by Crippen LogP contribution is -2.57. The molecule has 2 aromatic carbocycles. The molecule has 3 aromatic rings. The Bertz CT molecular complexity index is 3040. The van der Waals surface area contributed by atoms with Gasteiger partial charge in [0.2, 0.25) is 29.5 Å². The molecule has 3 saturated heterocycles. The fourth-order valence-electron chi connectivity index (χ4n) is 11.4. The number of alkyl halides is 2. The number of ether oxygens (including phenoxy) is 2. The summed E-state index contributed by atoms with van der Waals surface area (Å²) in [5.74, 6) is -10.2. The van der Waals surface area contributed by atoms with Gasteiger partial charge in [-0.15, -0.1) is 0 Å². The van der Waals surface area contributed by atoms with Crippen molar-refractivity contribution in [2.75, 3.05) is 125 Å². The Morgan fingerprint density at radius 1 is 0.728 bits per heavy atom. The lowest BCUT2D eigenvalue weighted by Gasteiger charge is -2.34. The number of hydrogen-bond donors (Lipinski definition) is 7. The fraction of sp³-hybridized carbons (Fsp3) is 0.587. The van der Waals surface area contributed by atoms with E-state index in [1.807, 2.05) is 31.2 Å². The molecule has 29 heteroatoms. The summed E-state index contributed by atoms with van der Waals surface area (Å²) in [5, 5.41) is 49.6. The number of nitrogens with one attached hydrogen (secondary N) is 4. The monoisotopic (exact) mass is 1290 g/mol. The third-order valence-electron chi connectivity index (χ3n) is 16.5. The van der Waals surface area contributed by atoms with Crippen molar-refractivity contribution in [3.8, 4) is 11.8 Å². The standard InChI is InChI=1S/C63H86F2N12O15/c1-43-11-13-44(14-12-43)7-5-10-53(78)68-20-4-3-9-51(70-54(79)38-72-24-26-73(39-56(81)82)28-30-75(41-58(85)86)31-29-74(27-25-72)40-57(83)84)61(89)71-52(34-59(87)91-2)62(90)76-22-18-45(19-23-76)8-6-32-92-47-15-16-50-49(33-47)48(17-21-67-50)60(88)69-37-55(80)77-42-63(64,65)35-46(77)36-66/h11-17,21,33,45-46,51-52H,3-10,18-20,22-32,34-35,37-42H2,1-2H3,(H,68,78)(H,69,88)(H,70,79)(H,71,89)(H,81,82)(H,83,84)(H,85,86)/t46-,51?,52+/m1/s1. The number of unbranched alkanes of at least 4 members (excludes halogenated alkanes) is 1. The van der Waals surface area contributed by atoms with E-state index in [0.29, 0.717) is 81.3 Å². The number of carbonyl (C=O) groups is 10. The van der Waals surface area contributed by atoms with E-state index in [-0.39, 0.29) is 109 Å². The first-order valence-electron chi connectivity index (χ1n) is 31.2. The molecule has 3 fully saturated rings. The number of methoxy groups -OCH3 is 1. The maximum absolute atomic E-state index is 14.5. The van der Waals surface area contributed by atoms with Gasteiger partial charge in [0.1, 0.15) is 23.9 Å². The highest BCUT2D eigenvalue weighted by molar-refractivity contribution is 6.07. The van der Waals surface area contributed by atoms with Gasteiger partial charge in [-0.1, -0.05) is 29.8 Å². The molecule has 0 aliphatic carbocycles. The van der Waals surface area contributed by atoms with Gasteiger partial charge in [0.25, 0.3) is 11.8 Å². The summed E-state index contributed by atoms with van der Waals surface area (Å²) in [4.78, 5) is 143. The number of esters is 1.